The van der Waals surface area contributed by atoms with Crippen molar-refractivity contribution in [1.82, 2.24) is 0 Å². The smallest absolute Gasteiger partial charge is 0.326 e. The van der Waals surface area contributed by atoms with E-state index in [4.69, 9.17) is 21.8 Å². The number of carboxylic acids is 2. The molecule has 0 aromatic heterocycles. The average Bonchev–Trinajstić information content (AvgIpc) is 2.59. The predicted octanol–water partition coefficient (Wildman–Crippen LogP) is 0.709. The van der Waals surface area contributed by atoms with Crippen LogP contribution in [0.15, 0.2) is 12.7 Å². The summed E-state index contributed by atoms with van der Waals surface area (Å²) >= 11 is 5.55. The van der Waals surface area contributed by atoms with Gasteiger partial charge < -0.3 is 10.2 Å². The predicted molar refractivity (Wildman–Crippen MR) is 41.1 cm³/mol. The van der Waals surface area contributed by atoms with Gasteiger partial charge in [-0.25, -0.2) is 0 Å². The summed E-state index contributed by atoms with van der Waals surface area (Å²) in [5.74, 6) is -2.55. The number of carboxylic acid groups (broad SMARTS) is 2. The third-order valence-electron chi connectivity index (χ3n) is 2.17. The highest BCUT2D eigenvalue weighted by atomic mass is 35.5. The van der Waals surface area contributed by atoms with Crippen LogP contribution in [0.4, 0.5) is 0 Å². The second-order valence-corrected chi connectivity index (χ2v) is 3.41. The van der Waals surface area contributed by atoms with Gasteiger partial charge in [-0.3, -0.25) is 9.59 Å². The molecule has 0 unspecified atom stereocenters. The van der Waals surface area contributed by atoms with E-state index in [-0.39, 0.29) is 6.42 Å². The molecule has 4 nitrogen and oxygen atoms in total. The number of rotatable bonds is 3. The lowest BCUT2D eigenvalue weighted by molar-refractivity contribution is -0.146. The van der Waals surface area contributed by atoms with Gasteiger partial charge in [0, 0.05) is 6.42 Å². The van der Waals surface area contributed by atoms with Crippen molar-refractivity contribution in [3.63, 3.8) is 0 Å². The van der Waals surface area contributed by atoms with Gasteiger partial charge in [0.15, 0.2) is 4.87 Å². The number of hydrogen-bond donors (Lipinski definition) is 2. The van der Waals surface area contributed by atoms with Crippen molar-refractivity contribution in [3.05, 3.63) is 12.7 Å². The summed E-state index contributed by atoms with van der Waals surface area (Å²) in [6.07, 6.45) is 0.978. The zero-order valence-electron chi connectivity index (χ0n) is 6.08. The minimum Gasteiger partial charge on any atom is -0.481 e. The summed E-state index contributed by atoms with van der Waals surface area (Å²) in [7, 11) is 0. The van der Waals surface area contributed by atoms with E-state index in [2.05, 4.69) is 6.58 Å². The van der Waals surface area contributed by atoms with Crippen LogP contribution < -0.4 is 0 Å². The van der Waals surface area contributed by atoms with Crippen LogP contribution >= 0.6 is 11.6 Å². The number of alkyl halides is 1. The van der Waals surface area contributed by atoms with E-state index in [1.54, 1.807) is 0 Å². The standard InChI is InChI=1S/C7H7ClO4/c1-2-6(4(9)10)3-7(6,8)5(11)12/h2H,1,3H2,(H,9,10)(H,11,12)/t6-,7-/m1/s1. The van der Waals surface area contributed by atoms with Crippen LogP contribution in [-0.4, -0.2) is 27.0 Å². The Hall–Kier alpha value is -1.03. The van der Waals surface area contributed by atoms with Gasteiger partial charge in [0.25, 0.3) is 0 Å². The van der Waals surface area contributed by atoms with Gasteiger partial charge in [0.2, 0.25) is 0 Å². The highest BCUT2D eigenvalue weighted by Crippen LogP contribution is 2.62. The fourth-order valence-electron chi connectivity index (χ4n) is 1.17. The van der Waals surface area contributed by atoms with Crippen LogP contribution in [-0.2, 0) is 9.59 Å². The molecule has 1 fully saturated rings. The fourth-order valence-corrected chi connectivity index (χ4v) is 1.54. The Morgan fingerprint density at radius 2 is 1.92 bits per heavy atom. The third kappa shape index (κ3) is 0.783. The molecule has 0 spiro atoms. The summed E-state index contributed by atoms with van der Waals surface area (Å²) in [6, 6.07) is 0. The highest BCUT2D eigenvalue weighted by Gasteiger charge is 2.75. The maximum Gasteiger partial charge on any atom is 0.326 e. The van der Waals surface area contributed by atoms with E-state index in [0.29, 0.717) is 0 Å². The van der Waals surface area contributed by atoms with E-state index >= 15 is 0 Å². The second kappa shape index (κ2) is 2.23. The molecule has 0 amide bonds. The van der Waals surface area contributed by atoms with Gasteiger partial charge in [-0.15, -0.1) is 18.2 Å². The lowest BCUT2D eigenvalue weighted by Gasteiger charge is -2.07. The molecule has 0 radical (unpaired) electrons. The van der Waals surface area contributed by atoms with Gasteiger partial charge in [-0.05, 0) is 0 Å². The molecule has 2 atom stereocenters. The van der Waals surface area contributed by atoms with Gasteiger partial charge in [-0.2, -0.15) is 0 Å². The first-order chi connectivity index (χ1) is 5.40. The maximum absolute atomic E-state index is 10.6. The van der Waals surface area contributed by atoms with Crippen molar-refractivity contribution in [2.24, 2.45) is 5.41 Å². The van der Waals surface area contributed by atoms with Crippen molar-refractivity contribution < 1.29 is 19.8 Å². The average molecular weight is 191 g/mol. The molecule has 1 rings (SSSR count). The molecule has 1 saturated carbocycles. The minimum atomic E-state index is -1.69. The van der Waals surface area contributed by atoms with E-state index < -0.39 is 22.2 Å². The van der Waals surface area contributed by atoms with Crippen molar-refractivity contribution >= 4 is 23.5 Å². The van der Waals surface area contributed by atoms with Crippen LogP contribution in [0.3, 0.4) is 0 Å². The molecular weight excluding hydrogens is 184 g/mol. The van der Waals surface area contributed by atoms with Crippen molar-refractivity contribution in [2.75, 3.05) is 0 Å². The molecule has 12 heavy (non-hydrogen) atoms. The molecule has 0 saturated heterocycles. The largest absolute Gasteiger partial charge is 0.481 e. The summed E-state index contributed by atoms with van der Waals surface area (Å²) in [4.78, 5) is 19.4. The monoisotopic (exact) mass is 190 g/mol. The number of aliphatic carboxylic acids is 2. The van der Waals surface area contributed by atoms with E-state index in [0.717, 1.165) is 6.08 Å². The fraction of sp³-hybridized carbons (Fsp3) is 0.429. The molecule has 1 aliphatic carbocycles. The highest BCUT2D eigenvalue weighted by molar-refractivity contribution is 6.39. The SMILES string of the molecule is C=C[C@]1(C(=O)O)C[C@@]1(Cl)C(=O)O. The Morgan fingerprint density at radius 1 is 1.42 bits per heavy atom. The van der Waals surface area contributed by atoms with Crippen LogP contribution in [0.25, 0.3) is 0 Å². The molecule has 0 aliphatic heterocycles. The van der Waals surface area contributed by atoms with Gasteiger partial charge in [0.05, 0.1) is 0 Å². The Morgan fingerprint density at radius 3 is 2.00 bits per heavy atom. The number of halogens is 1. The van der Waals surface area contributed by atoms with Crippen LogP contribution in [0.2, 0.25) is 0 Å². The normalized spacial score (nSPS) is 38.8. The quantitative estimate of drug-likeness (QED) is 0.508. The van der Waals surface area contributed by atoms with Crippen LogP contribution in [0.1, 0.15) is 6.42 Å². The van der Waals surface area contributed by atoms with Gasteiger partial charge in [-0.1, -0.05) is 6.08 Å². The number of hydrogen-bond acceptors (Lipinski definition) is 2. The van der Waals surface area contributed by atoms with Crippen molar-refractivity contribution in [3.8, 4) is 0 Å². The zero-order chi connectivity index (χ0) is 9.57. The third-order valence-corrected chi connectivity index (χ3v) is 2.81. The van der Waals surface area contributed by atoms with Crippen molar-refractivity contribution in [1.29, 1.82) is 0 Å². The van der Waals surface area contributed by atoms with E-state index in [1.165, 1.54) is 0 Å². The Kier molecular flexibility index (Phi) is 1.68. The Balaban J connectivity index is 3.01. The molecular formula is C7H7ClO4. The first-order valence-corrected chi connectivity index (χ1v) is 3.58. The molecule has 2 N–H and O–H groups in total. The summed E-state index contributed by atoms with van der Waals surface area (Å²) in [5, 5.41) is 17.3. The first-order valence-electron chi connectivity index (χ1n) is 3.20. The van der Waals surface area contributed by atoms with Crippen molar-refractivity contribution in [2.45, 2.75) is 11.3 Å². The molecule has 0 aromatic carbocycles. The summed E-state index contributed by atoms with van der Waals surface area (Å²) in [5.41, 5.74) is -1.49. The molecule has 66 valence electrons. The lowest BCUT2D eigenvalue weighted by Crippen LogP contribution is -2.28. The minimum absolute atomic E-state index is 0.101. The van der Waals surface area contributed by atoms with Gasteiger partial charge >= 0.3 is 11.9 Å². The number of carbonyl (C=O) groups is 2. The maximum atomic E-state index is 10.6. The topological polar surface area (TPSA) is 74.6 Å². The van der Waals surface area contributed by atoms with Crippen LogP contribution in [0, 0.1) is 5.41 Å². The van der Waals surface area contributed by atoms with E-state index in [1.807, 2.05) is 0 Å². The lowest BCUT2D eigenvalue weighted by atomic mass is 10.0. The first kappa shape index (κ1) is 9.06. The molecule has 0 aromatic rings. The Labute approximate surface area is 73.4 Å². The van der Waals surface area contributed by atoms with Crippen LogP contribution in [0.5, 0.6) is 0 Å². The molecule has 0 heterocycles. The zero-order valence-corrected chi connectivity index (χ0v) is 6.84. The van der Waals surface area contributed by atoms with E-state index in [9.17, 15) is 9.59 Å². The second-order valence-electron chi connectivity index (χ2n) is 2.76. The van der Waals surface area contributed by atoms with Gasteiger partial charge in [0.1, 0.15) is 5.41 Å². The molecule has 5 heteroatoms. The Bertz CT molecular complexity index is 275. The summed E-state index contributed by atoms with van der Waals surface area (Å²) < 4.78 is 0. The summed E-state index contributed by atoms with van der Waals surface area (Å²) in [6.45, 7) is 3.27. The molecule has 1 aliphatic rings. The molecule has 0 bridgehead atoms.